The molecule has 1 aromatic rings. The van der Waals surface area contributed by atoms with E-state index < -0.39 is 12.3 Å². The lowest BCUT2D eigenvalue weighted by atomic mass is 10.1. The number of ether oxygens (including phenoxy) is 3. The molecule has 0 unspecified atom stereocenters. The Balaban J connectivity index is 2.24. The number of hydrogen-bond donors (Lipinski definition) is 1. The minimum Gasteiger partial charge on any atom is -0.493 e. The summed E-state index contributed by atoms with van der Waals surface area (Å²) >= 11 is 0. The first-order valence-corrected chi connectivity index (χ1v) is 6.43. The first-order chi connectivity index (χ1) is 9.60. The van der Waals surface area contributed by atoms with Gasteiger partial charge in [0, 0.05) is 25.2 Å². The molecule has 2 rings (SSSR count). The molecular formula is C14H20FNO4. The number of methoxy groups -OCH3 is 3. The summed E-state index contributed by atoms with van der Waals surface area (Å²) in [6.07, 6.45) is -2.11. The zero-order valence-electron chi connectivity index (χ0n) is 11.9. The maximum absolute atomic E-state index is 13.3. The summed E-state index contributed by atoms with van der Waals surface area (Å²) in [5, 5.41) is 9.46. The molecule has 6 heteroatoms. The van der Waals surface area contributed by atoms with Crippen LogP contribution in [0, 0.1) is 0 Å². The van der Waals surface area contributed by atoms with E-state index in [9.17, 15) is 9.50 Å². The smallest absolute Gasteiger partial charge is 0.203 e. The van der Waals surface area contributed by atoms with Crippen molar-refractivity contribution in [3.05, 3.63) is 17.7 Å². The third-order valence-corrected chi connectivity index (χ3v) is 3.48. The molecule has 5 nitrogen and oxygen atoms in total. The molecule has 0 aromatic heterocycles. The summed E-state index contributed by atoms with van der Waals surface area (Å²) < 4.78 is 29.3. The number of halogens is 1. The van der Waals surface area contributed by atoms with Crippen LogP contribution in [0.4, 0.5) is 4.39 Å². The summed E-state index contributed by atoms with van der Waals surface area (Å²) in [4.78, 5) is 1.85. The second kappa shape index (κ2) is 6.28. The Bertz CT molecular complexity index is 459. The van der Waals surface area contributed by atoms with Gasteiger partial charge in [0.05, 0.1) is 27.4 Å². The molecule has 0 radical (unpaired) electrons. The Morgan fingerprint density at radius 2 is 1.85 bits per heavy atom. The number of β-amino-alcohol motifs (C(OH)–C–C–N with tert-alkyl or cyclic N) is 1. The van der Waals surface area contributed by atoms with Gasteiger partial charge in [-0.3, -0.25) is 4.90 Å². The Labute approximate surface area is 117 Å². The van der Waals surface area contributed by atoms with Crippen molar-refractivity contribution >= 4 is 0 Å². The molecule has 0 amide bonds. The van der Waals surface area contributed by atoms with Gasteiger partial charge in [0.25, 0.3) is 0 Å². The van der Waals surface area contributed by atoms with Gasteiger partial charge in [-0.25, -0.2) is 4.39 Å². The molecule has 1 saturated heterocycles. The first kappa shape index (κ1) is 14.9. The van der Waals surface area contributed by atoms with Crippen LogP contribution in [0.5, 0.6) is 17.2 Å². The lowest BCUT2D eigenvalue weighted by Crippen LogP contribution is -2.21. The molecule has 1 heterocycles. The Morgan fingerprint density at radius 1 is 1.15 bits per heavy atom. The second-order valence-electron chi connectivity index (χ2n) is 4.77. The van der Waals surface area contributed by atoms with E-state index in [0.29, 0.717) is 30.3 Å². The normalized spacial score (nSPS) is 22.9. The zero-order valence-corrected chi connectivity index (χ0v) is 11.9. The van der Waals surface area contributed by atoms with E-state index in [2.05, 4.69) is 0 Å². The number of aliphatic hydroxyl groups excluding tert-OH is 1. The molecule has 0 bridgehead atoms. The van der Waals surface area contributed by atoms with Crippen molar-refractivity contribution in [2.24, 2.45) is 0 Å². The molecule has 1 aliphatic rings. The Hall–Kier alpha value is -1.53. The molecule has 20 heavy (non-hydrogen) atoms. The number of aliphatic hydroxyl groups is 1. The van der Waals surface area contributed by atoms with E-state index in [4.69, 9.17) is 14.2 Å². The van der Waals surface area contributed by atoms with Crippen LogP contribution in [0.2, 0.25) is 0 Å². The molecule has 1 aliphatic heterocycles. The fourth-order valence-corrected chi connectivity index (χ4v) is 2.48. The van der Waals surface area contributed by atoms with Crippen LogP contribution >= 0.6 is 0 Å². The van der Waals surface area contributed by atoms with E-state index in [-0.39, 0.29) is 6.54 Å². The van der Waals surface area contributed by atoms with Gasteiger partial charge in [-0.2, -0.15) is 0 Å². The molecule has 2 atom stereocenters. The third kappa shape index (κ3) is 2.81. The maximum atomic E-state index is 13.3. The number of alkyl halides is 1. The van der Waals surface area contributed by atoms with Crippen molar-refractivity contribution in [1.82, 2.24) is 4.90 Å². The number of benzene rings is 1. The van der Waals surface area contributed by atoms with Crippen molar-refractivity contribution in [2.75, 3.05) is 34.4 Å². The zero-order chi connectivity index (χ0) is 14.7. The van der Waals surface area contributed by atoms with Gasteiger partial charge >= 0.3 is 0 Å². The molecule has 1 aromatic carbocycles. The van der Waals surface area contributed by atoms with Crippen LogP contribution < -0.4 is 14.2 Å². The van der Waals surface area contributed by atoms with Gasteiger partial charge < -0.3 is 19.3 Å². The van der Waals surface area contributed by atoms with Crippen LogP contribution in [-0.2, 0) is 6.54 Å². The average Bonchev–Trinajstić information content (AvgIpc) is 2.76. The van der Waals surface area contributed by atoms with Gasteiger partial charge in [0.1, 0.15) is 6.17 Å². The topological polar surface area (TPSA) is 51.2 Å². The highest BCUT2D eigenvalue weighted by Crippen LogP contribution is 2.40. The fourth-order valence-electron chi connectivity index (χ4n) is 2.48. The van der Waals surface area contributed by atoms with E-state index in [1.165, 1.54) is 0 Å². The summed E-state index contributed by atoms with van der Waals surface area (Å²) in [7, 11) is 4.65. The fraction of sp³-hybridized carbons (Fsp3) is 0.571. The van der Waals surface area contributed by atoms with Gasteiger partial charge in [-0.15, -0.1) is 0 Å². The molecule has 0 spiro atoms. The SMILES string of the molecule is COc1ccc(CN2C[C@@H](O)[C@H](F)C2)c(OC)c1OC. The highest BCUT2D eigenvalue weighted by molar-refractivity contribution is 5.55. The van der Waals surface area contributed by atoms with Gasteiger partial charge in [-0.1, -0.05) is 6.07 Å². The Kier molecular flexibility index (Phi) is 4.67. The first-order valence-electron chi connectivity index (χ1n) is 6.43. The van der Waals surface area contributed by atoms with Crippen molar-refractivity contribution in [3.63, 3.8) is 0 Å². The van der Waals surface area contributed by atoms with Gasteiger partial charge in [0.15, 0.2) is 11.5 Å². The van der Waals surface area contributed by atoms with E-state index in [0.717, 1.165) is 5.56 Å². The number of nitrogens with zero attached hydrogens (tertiary/aromatic N) is 1. The predicted octanol–water partition coefficient (Wildman–Crippen LogP) is 1.23. The van der Waals surface area contributed by atoms with Crippen molar-refractivity contribution in [3.8, 4) is 17.2 Å². The molecule has 112 valence electrons. The molecule has 0 saturated carbocycles. The lowest BCUT2D eigenvalue weighted by Gasteiger charge is -2.19. The predicted molar refractivity (Wildman–Crippen MR) is 72.3 cm³/mol. The van der Waals surface area contributed by atoms with Crippen LogP contribution in [0.15, 0.2) is 12.1 Å². The highest BCUT2D eigenvalue weighted by Gasteiger charge is 2.31. The summed E-state index contributed by atoms with van der Waals surface area (Å²) in [5.41, 5.74) is 0.867. The molecular weight excluding hydrogens is 265 g/mol. The summed E-state index contributed by atoms with van der Waals surface area (Å²) in [6, 6.07) is 3.65. The standard InChI is InChI=1S/C14H20FNO4/c1-18-12-5-4-9(13(19-2)14(12)20-3)6-16-7-10(15)11(17)8-16/h4-5,10-11,17H,6-8H2,1-3H3/t10-,11-/m1/s1. The van der Waals surface area contributed by atoms with E-state index in [1.54, 1.807) is 27.4 Å². The summed E-state index contributed by atoms with van der Waals surface area (Å²) in [6.45, 7) is 1.03. The molecule has 0 aliphatic carbocycles. The highest BCUT2D eigenvalue weighted by atomic mass is 19.1. The van der Waals surface area contributed by atoms with Crippen LogP contribution in [0.1, 0.15) is 5.56 Å². The minimum atomic E-state index is -1.19. The maximum Gasteiger partial charge on any atom is 0.203 e. The van der Waals surface area contributed by atoms with Crippen LogP contribution in [0.3, 0.4) is 0 Å². The second-order valence-corrected chi connectivity index (χ2v) is 4.77. The Morgan fingerprint density at radius 3 is 2.35 bits per heavy atom. The van der Waals surface area contributed by atoms with Gasteiger partial charge in [0.2, 0.25) is 5.75 Å². The van der Waals surface area contributed by atoms with Crippen molar-refractivity contribution in [2.45, 2.75) is 18.8 Å². The number of likely N-dealkylation sites (tertiary alicyclic amines) is 1. The molecule has 1 fully saturated rings. The van der Waals surface area contributed by atoms with Crippen LogP contribution in [0.25, 0.3) is 0 Å². The van der Waals surface area contributed by atoms with Crippen LogP contribution in [-0.4, -0.2) is 56.7 Å². The minimum absolute atomic E-state index is 0.221. The number of hydrogen-bond acceptors (Lipinski definition) is 5. The van der Waals surface area contributed by atoms with E-state index >= 15 is 0 Å². The largest absolute Gasteiger partial charge is 0.493 e. The lowest BCUT2D eigenvalue weighted by molar-refractivity contribution is 0.115. The molecule has 1 N–H and O–H groups in total. The third-order valence-electron chi connectivity index (χ3n) is 3.48. The average molecular weight is 285 g/mol. The van der Waals surface area contributed by atoms with Crippen molar-refractivity contribution in [1.29, 1.82) is 0 Å². The van der Waals surface area contributed by atoms with Crippen molar-refractivity contribution < 1.29 is 23.7 Å². The van der Waals surface area contributed by atoms with Gasteiger partial charge in [-0.05, 0) is 6.07 Å². The summed E-state index contributed by atoms with van der Waals surface area (Å²) in [5.74, 6) is 1.67. The monoisotopic (exact) mass is 285 g/mol. The number of rotatable bonds is 5. The quantitative estimate of drug-likeness (QED) is 0.882. The van der Waals surface area contributed by atoms with E-state index in [1.807, 2.05) is 11.0 Å².